The van der Waals surface area contributed by atoms with Gasteiger partial charge in [-0.05, 0) is 53.8 Å². The Balaban J connectivity index is 1.35. The molecule has 1 aliphatic carbocycles. The molecule has 1 aromatic heterocycles. The first-order valence-electron chi connectivity index (χ1n) is 14.6. The zero-order chi connectivity index (χ0) is 28.8. The van der Waals surface area contributed by atoms with Gasteiger partial charge in [-0.25, -0.2) is 4.79 Å². The lowest BCUT2D eigenvalue weighted by atomic mass is 9.83. The van der Waals surface area contributed by atoms with Crippen molar-refractivity contribution in [2.75, 3.05) is 38.7 Å². The number of ether oxygens (including phenoxy) is 2. The van der Waals surface area contributed by atoms with E-state index in [-0.39, 0.29) is 11.4 Å². The quantitative estimate of drug-likeness (QED) is 0.335. The highest BCUT2D eigenvalue weighted by Gasteiger charge is 2.22. The normalized spacial score (nSPS) is 17.0. The summed E-state index contributed by atoms with van der Waals surface area (Å²) in [6, 6.07) is 16.2. The number of carbonyl (C=O) groups is 1. The zero-order valence-corrected chi connectivity index (χ0v) is 24.8. The van der Waals surface area contributed by atoms with Crippen LogP contribution in [0.2, 0.25) is 0 Å². The molecule has 0 radical (unpaired) electrons. The second-order valence-electron chi connectivity index (χ2n) is 11.9. The van der Waals surface area contributed by atoms with Gasteiger partial charge in [-0.3, -0.25) is 9.88 Å². The number of rotatable bonds is 6. The Morgan fingerprint density at radius 2 is 1.80 bits per heavy atom. The molecule has 0 saturated carbocycles. The summed E-state index contributed by atoms with van der Waals surface area (Å²) in [5.74, 6) is 0.805. The number of anilines is 1. The van der Waals surface area contributed by atoms with Crippen molar-refractivity contribution in [3.05, 3.63) is 83.5 Å². The number of amides is 2. The summed E-state index contributed by atoms with van der Waals surface area (Å²) >= 11 is 0. The molecule has 2 aliphatic rings. The monoisotopic (exact) mass is 554 g/mol. The summed E-state index contributed by atoms with van der Waals surface area (Å²) < 4.78 is 11.2. The van der Waals surface area contributed by atoms with Crippen LogP contribution in [0.25, 0.3) is 21.9 Å². The van der Waals surface area contributed by atoms with Gasteiger partial charge in [-0.1, -0.05) is 62.7 Å². The van der Waals surface area contributed by atoms with Crippen molar-refractivity contribution in [2.24, 2.45) is 5.41 Å². The maximum absolute atomic E-state index is 13.3. The number of carbonyl (C=O) groups excluding carboxylic acids is 1. The van der Waals surface area contributed by atoms with Gasteiger partial charge < -0.3 is 20.1 Å². The first-order valence-corrected chi connectivity index (χ1v) is 14.6. The number of nitrogens with zero attached hydrogens (tertiary/aromatic N) is 2. The summed E-state index contributed by atoms with van der Waals surface area (Å²) in [6.45, 7) is 11.0. The van der Waals surface area contributed by atoms with E-state index in [1.165, 1.54) is 5.57 Å². The minimum Gasteiger partial charge on any atom is -0.499 e. The van der Waals surface area contributed by atoms with Crippen molar-refractivity contribution < 1.29 is 14.3 Å². The van der Waals surface area contributed by atoms with Gasteiger partial charge in [0, 0.05) is 49.8 Å². The molecule has 0 unspecified atom stereocenters. The molecular weight excluding hydrogens is 512 g/mol. The Labute approximate surface area is 243 Å². The molecule has 0 bridgehead atoms. The van der Waals surface area contributed by atoms with Crippen LogP contribution in [0.1, 0.15) is 52.1 Å². The number of urea groups is 1. The molecule has 5 rings (SSSR count). The van der Waals surface area contributed by atoms with Crippen molar-refractivity contribution in [3.8, 4) is 11.1 Å². The molecule has 1 saturated heterocycles. The summed E-state index contributed by atoms with van der Waals surface area (Å²) in [4.78, 5) is 20.5. The Morgan fingerprint density at radius 3 is 2.56 bits per heavy atom. The Hall–Kier alpha value is -3.68. The average Bonchev–Trinajstić information content (AvgIpc) is 3.34. The van der Waals surface area contributed by atoms with Crippen LogP contribution in [0.4, 0.5) is 10.5 Å². The molecule has 2 N–H and O–H groups in total. The number of hydrogen-bond acceptors (Lipinski definition) is 5. The summed E-state index contributed by atoms with van der Waals surface area (Å²) in [5, 5.41) is 8.19. The fourth-order valence-corrected chi connectivity index (χ4v) is 5.61. The summed E-state index contributed by atoms with van der Waals surface area (Å²) in [7, 11) is 1.67. The summed E-state index contributed by atoms with van der Waals surface area (Å²) in [6.07, 6.45) is 7.87. The van der Waals surface area contributed by atoms with E-state index in [9.17, 15) is 4.79 Å². The highest BCUT2D eigenvalue weighted by molar-refractivity contribution is 6.07. The Bertz CT molecular complexity index is 1430. The van der Waals surface area contributed by atoms with Crippen LogP contribution < -0.4 is 10.6 Å². The second-order valence-corrected chi connectivity index (χ2v) is 11.9. The maximum Gasteiger partial charge on any atom is 0.323 e. The number of allylic oxidation sites excluding steroid dienone is 3. The Kier molecular flexibility index (Phi) is 9.06. The third-order valence-electron chi connectivity index (χ3n) is 7.94. The van der Waals surface area contributed by atoms with Crippen LogP contribution in [0.15, 0.2) is 77.8 Å². The van der Waals surface area contributed by atoms with Crippen LogP contribution >= 0.6 is 0 Å². The highest BCUT2D eigenvalue weighted by Crippen LogP contribution is 2.35. The second kappa shape index (κ2) is 12.9. The first-order chi connectivity index (χ1) is 19.8. The first kappa shape index (κ1) is 28.8. The standard InChI is InChI=1S/C34H42N4O3/c1-34(2,3)25-9-7-12-32(40-4)31(21-25)37-33(39)36-30-16-15-27(28-10-5-6-11-29(28)30)24-13-14-26(35-22-24)23-38-17-8-19-41-20-18-38/h5-6,10-11,13-16,21-22H,7-9,12,17-20,23H2,1-4H3,(H2,36,37,39). The van der Waals surface area contributed by atoms with Gasteiger partial charge in [0.25, 0.3) is 0 Å². The van der Waals surface area contributed by atoms with Gasteiger partial charge in [-0.15, -0.1) is 0 Å². The van der Waals surface area contributed by atoms with Gasteiger partial charge in [0.15, 0.2) is 0 Å². The smallest absolute Gasteiger partial charge is 0.323 e. The third-order valence-corrected chi connectivity index (χ3v) is 7.94. The van der Waals surface area contributed by atoms with Crippen molar-refractivity contribution in [1.82, 2.24) is 15.2 Å². The lowest BCUT2D eigenvalue weighted by molar-refractivity contribution is 0.140. The van der Waals surface area contributed by atoms with Gasteiger partial charge in [0.05, 0.1) is 30.8 Å². The Morgan fingerprint density at radius 1 is 0.976 bits per heavy atom. The lowest BCUT2D eigenvalue weighted by Gasteiger charge is -2.23. The van der Waals surface area contributed by atoms with Crippen LogP contribution in [-0.2, 0) is 16.0 Å². The van der Waals surface area contributed by atoms with Crippen molar-refractivity contribution in [1.29, 1.82) is 0 Å². The van der Waals surface area contributed by atoms with Gasteiger partial charge in [-0.2, -0.15) is 0 Å². The van der Waals surface area contributed by atoms with E-state index < -0.39 is 0 Å². The number of hydrogen-bond donors (Lipinski definition) is 2. The zero-order valence-electron chi connectivity index (χ0n) is 24.8. The van der Waals surface area contributed by atoms with Crippen LogP contribution in [-0.4, -0.2) is 49.3 Å². The molecule has 216 valence electrons. The van der Waals surface area contributed by atoms with Crippen LogP contribution in [0, 0.1) is 5.41 Å². The van der Waals surface area contributed by atoms with E-state index in [0.29, 0.717) is 0 Å². The molecule has 3 aromatic rings. The van der Waals surface area contributed by atoms with E-state index in [1.807, 2.05) is 30.5 Å². The molecule has 0 spiro atoms. The lowest BCUT2D eigenvalue weighted by Crippen LogP contribution is -2.29. The fourth-order valence-electron chi connectivity index (χ4n) is 5.61. The molecule has 2 aromatic carbocycles. The molecule has 7 nitrogen and oxygen atoms in total. The van der Waals surface area contributed by atoms with E-state index in [2.05, 4.69) is 66.6 Å². The number of fused-ring (bicyclic) bond motifs is 1. The van der Waals surface area contributed by atoms with Crippen LogP contribution in [0.3, 0.4) is 0 Å². The van der Waals surface area contributed by atoms with E-state index in [0.717, 1.165) is 103 Å². The number of methoxy groups -OCH3 is 1. The highest BCUT2D eigenvalue weighted by atomic mass is 16.5. The van der Waals surface area contributed by atoms with Crippen molar-refractivity contribution in [3.63, 3.8) is 0 Å². The fraction of sp³-hybridized carbons (Fsp3) is 0.412. The largest absolute Gasteiger partial charge is 0.499 e. The summed E-state index contributed by atoms with van der Waals surface area (Å²) in [5.41, 5.74) is 5.99. The topological polar surface area (TPSA) is 75.7 Å². The number of aromatic nitrogens is 1. The molecule has 7 heteroatoms. The van der Waals surface area contributed by atoms with Crippen molar-refractivity contribution >= 4 is 22.5 Å². The van der Waals surface area contributed by atoms with E-state index >= 15 is 0 Å². The maximum atomic E-state index is 13.3. The molecule has 2 heterocycles. The molecule has 41 heavy (non-hydrogen) atoms. The van der Waals surface area contributed by atoms with Gasteiger partial charge >= 0.3 is 6.03 Å². The average molecular weight is 555 g/mol. The number of benzene rings is 2. The van der Waals surface area contributed by atoms with E-state index in [1.54, 1.807) is 7.11 Å². The van der Waals surface area contributed by atoms with Crippen molar-refractivity contribution in [2.45, 2.75) is 53.0 Å². The molecular formula is C34H42N4O3. The van der Waals surface area contributed by atoms with E-state index in [4.69, 9.17) is 14.5 Å². The number of nitrogens with one attached hydrogen (secondary N) is 2. The minimum atomic E-state index is -0.288. The van der Waals surface area contributed by atoms with Crippen LogP contribution in [0.5, 0.6) is 0 Å². The predicted molar refractivity (Wildman–Crippen MR) is 165 cm³/mol. The minimum absolute atomic E-state index is 0.0214. The number of pyridine rings is 1. The third kappa shape index (κ3) is 7.16. The molecule has 0 atom stereocenters. The van der Waals surface area contributed by atoms with Gasteiger partial charge in [0.1, 0.15) is 5.76 Å². The molecule has 1 aliphatic heterocycles. The molecule has 1 fully saturated rings. The SMILES string of the molecule is COC1=C(NC(=O)Nc2ccc(-c3ccc(CN4CCCOCC4)nc3)c3ccccc23)C=C(C(C)(C)C)CCC1. The van der Waals surface area contributed by atoms with Gasteiger partial charge in [0.2, 0.25) is 0 Å². The molecule has 2 amide bonds. The predicted octanol–water partition coefficient (Wildman–Crippen LogP) is 7.26.